The van der Waals surface area contributed by atoms with Crippen LogP contribution in [0.15, 0.2) is 54.6 Å². The van der Waals surface area contributed by atoms with Gasteiger partial charge in [-0.3, -0.25) is 9.59 Å². The first-order valence-electron chi connectivity index (χ1n) is 11.4. The van der Waals surface area contributed by atoms with Crippen LogP contribution in [0.25, 0.3) is 0 Å². The van der Waals surface area contributed by atoms with Gasteiger partial charge in [0.05, 0.1) is 54.6 Å². The predicted molar refractivity (Wildman–Crippen MR) is 137 cm³/mol. The fraction of sp³-hybridized carbons (Fsp3) is 0.286. The average Bonchev–Trinajstić information content (AvgIpc) is 2.94. The van der Waals surface area contributed by atoms with Crippen LogP contribution in [0.3, 0.4) is 0 Å². The first kappa shape index (κ1) is 27.3. The molecule has 0 radical (unpaired) electrons. The number of ketones is 1. The summed E-state index contributed by atoms with van der Waals surface area (Å²) < 4.78 is 27.0. The van der Waals surface area contributed by atoms with E-state index in [0.717, 1.165) is 5.56 Å². The molecule has 0 bridgehead atoms. The summed E-state index contributed by atoms with van der Waals surface area (Å²) in [6.45, 7) is -0.279. The van der Waals surface area contributed by atoms with E-state index < -0.39 is 6.04 Å². The van der Waals surface area contributed by atoms with E-state index >= 15 is 0 Å². The Hall–Kier alpha value is -4.24. The molecule has 0 aliphatic carbocycles. The summed E-state index contributed by atoms with van der Waals surface area (Å²) in [5, 5.41) is 12.7. The highest BCUT2D eigenvalue weighted by molar-refractivity contribution is 6.11. The van der Waals surface area contributed by atoms with Gasteiger partial charge >= 0.3 is 0 Å². The molecule has 37 heavy (non-hydrogen) atoms. The minimum absolute atomic E-state index is 0.144. The molecule has 3 aromatic rings. The molecule has 0 spiro atoms. The molecule has 1 amide bonds. The lowest BCUT2D eigenvalue weighted by Crippen LogP contribution is -2.32. The smallest absolute Gasteiger partial charge is 0.225 e. The number of amides is 1. The molecule has 0 fully saturated rings. The highest BCUT2D eigenvalue weighted by Gasteiger charge is 2.24. The molecule has 0 unspecified atom stereocenters. The molecule has 9 nitrogen and oxygen atoms in total. The van der Waals surface area contributed by atoms with Gasteiger partial charge in [-0.15, -0.1) is 0 Å². The molecule has 9 heteroatoms. The summed E-state index contributed by atoms with van der Waals surface area (Å²) >= 11 is 0. The van der Waals surface area contributed by atoms with Crippen molar-refractivity contribution in [3.63, 3.8) is 0 Å². The number of aliphatic hydroxyl groups is 1. The number of rotatable bonds is 12. The summed E-state index contributed by atoms with van der Waals surface area (Å²) in [6.07, 6.45) is -0.144. The molecule has 2 N–H and O–H groups in total. The molecule has 0 saturated heterocycles. The monoisotopic (exact) mass is 509 g/mol. The van der Waals surface area contributed by atoms with Gasteiger partial charge in [0.1, 0.15) is 0 Å². The molecule has 0 aliphatic heterocycles. The van der Waals surface area contributed by atoms with E-state index in [1.165, 1.54) is 41.6 Å². The van der Waals surface area contributed by atoms with Gasteiger partial charge in [-0.25, -0.2) is 0 Å². The zero-order valence-corrected chi connectivity index (χ0v) is 21.5. The van der Waals surface area contributed by atoms with Crippen molar-refractivity contribution in [1.29, 1.82) is 0 Å². The lowest BCUT2D eigenvalue weighted by atomic mass is 9.94. The third kappa shape index (κ3) is 6.13. The summed E-state index contributed by atoms with van der Waals surface area (Å²) in [7, 11) is 7.33. The Morgan fingerprint density at radius 1 is 0.784 bits per heavy atom. The second kappa shape index (κ2) is 12.6. The number of ether oxygens (including phenoxy) is 5. The lowest BCUT2D eigenvalue weighted by molar-refractivity contribution is -0.121. The van der Waals surface area contributed by atoms with Gasteiger partial charge in [-0.2, -0.15) is 0 Å². The maximum atomic E-state index is 13.7. The summed E-state index contributed by atoms with van der Waals surface area (Å²) in [5.41, 5.74) is 1.68. The van der Waals surface area contributed by atoms with E-state index in [0.29, 0.717) is 34.3 Å². The van der Waals surface area contributed by atoms with Gasteiger partial charge in [-0.05, 0) is 35.4 Å². The van der Waals surface area contributed by atoms with Gasteiger partial charge < -0.3 is 34.1 Å². The number of hydrogen-bond donors (Lipinski definition) is 2. The first-order chi connectivity index (χ1) is 17.9. The van der Waals surface area contributed by atoms with E-state index in [1.54, 1.807) is 18.2 Å². The van der Waals surface area contributed by atoms with Gasteiger partial charge in [0, 0.05) is 11.1 Å². The normalized spacial score (nSPS) is 11.3. The topological polar surface area (TPSA) is 113 Å². The molecule has 1 atom stereocenters. The molecular formula is C28H31NO8. The van der Waals surface area contributed by atoms with Crippen molar-refractivity contribution in [2.75, 3.05) is 42.2 Å². The van der Waals surface area contributed by atoms with E-state index in [2.05, 4.69) is 5.32 Å². The third-order valence-electron chi connectivity index (χ3n) is 5.85. The van der Waals surface area contributed by atoms with Gasteiger partial charge in [-0.1, -0.05) is 30.3 Å². The molecule has 0 aliphatic rings. The van der Waals surface area contributed by atoms with Gasteiger partial charge in [0.15, 0.2) is 28.8 Å². The number of benzene rings is 3. The SMILES string of the molecule is COc1cc(CC(=O)N[C@@H](CO)c2ccccc2)c(C(=O)c2cc(OC)c(OC)c(OC)c2)cc1OC. The number of carbonyl (C=O) groups excluding carboxylic acids is 2. The van der Waals surface area contributed by atoms with Gasteiger partial charge in [0.25, 0.3) is 0 Å². The molecule has 196 valence electrons. The van der Waals surface area contributed by atoms with E-state index in [-0.39, 0.29) is 35.8 Å². The number of nitrogens with one attached hydrogen (secondary N) is 1. The van der Waals surface area contributed by atoms with Crippen LogP contribution in [0.4, 0.5) is 0 Å². The summed E-state index contributed by atoms with van der Waals surface area (Å²) in [6, 6.07) is 14.8. The number of aliphatic hydroxyl groups excluding tert-OH is 1. The third-order valence-corrected chi connectivity index (χ3v) is 5.85. The van der Waals surface area contributed by atoms with Crippen molar-refractivity contribution < 1.29 is 38.4 Å². The van der Waals surface area contributed by atoms with Crippen molar-refractivity contribution in [3.8, 4) is 28.7 Å². The molecule has 0 saturated carbocycles. The first-order valence-corrected chi connectivity index (χ1v) is 11.4. The second-order valence-electron chi connectivity index (χ2n) is 8.00. The Morgan fingerprint density at radius 2 is 1.35 bits per heavy atom. The van der Waals surface area contributed by atoms with Crippen molar-refractivity contribution in [1.82, 2.24) is 5.32 Å². The quantitative estimate of drug-likeness (QED) is 0.358. The Balaban J connectivity index is 2.02. The zero-order valence-electron chi connectivity index (χ0n) is 21.5. The maximum absolute atomic E-state index is 13.7. The second-order valence-corrected chi connectivity index (χ2v) is 8.00. The van der Waals surface area contributed by atoms with Crippen LogP contribution in [0, 0.1) is 0 Å². The van der Waals surface area contributed by atoms with Crippen LogP contribution in [0.2, 0.25) is 0 Å². The Morgan fingerprint density at radius 3 is 1.86 bits per heavy atom. The molecule has 3 aromatic carbocycles. The fourth-order valence-corrected chi connectivity index (χ4v) is 3.98. The van der Waals surface area contributed by atoms with Crippen LogP contribution >= 0.6 is 0 Å². The van der Waals surface area contributed by atoms with Crippen molar-refractivity contribution in [2.45, 2.75) is 12.5 Å². The highest BCUT2D eigenvalue weighted by atomic mass is 16.5. The van der Waals surface area contributed by atoms with E-state index in [4.69, 9.17) is 23.7 Å². The van der Waals surface area contributed by atoms with Crippen LogP contribution in [-0.2, 0) is 11.2 Å². The molecule has 0 heterocycles. The minimum atomic E-state index is -0.594. The largest absolute Gasteiger partial charge is 0.493 e. The van der Waals surface area contributed by atoms with Crippen LogP contribution in [0.5, 0.6) is 28.7 Å². The number of methoxy groups -OCH3 is 5. The van der Waals surface area contributed by atoms with Crippen molar-refractivity contribution in [3.05, 3.63) is 76.9 Å². The standard InChI is InChI=1S/C28H31NO8/c1-33-22-11-18(14-26(31)29-21(16-30)17-9-7-6-8-10-17)20(15-23(22)34-2)27(32)19-12-24(35-3)28(37-5)25(13-19)36-4/h6-13,15,21,30H,14,16H2,1-5H3,(H,29,31)/t21-/m0/s1. The van der Waals surface area contributed by atoms with Crippen LogP contribution in [0.1, 0.15) is 33.1 Å². The summed E-state index contributed by atoms with van der Waals surface area (Å²) in [5.74, 6) is 0.925. The molecule has 0 aromatic heterocycles. The lowest BCUT2D eigenvalue weighted by Gasteiger charge is -2.19. The Bertz CT molecular complexity index is 1220. The van der Waals surface area contributed by atoms with E-state index in [9.17, 15) is 14.7 Å². The predicted octanol–water partition coefficient (Wildman–Crippen LogP) is 3.35. The van der Waals surface area contributed by atoms with Gasteiger partial charge in [0.2, 0.25) is 11.7 Å². The molecular weight excluding hydrogens is 478 g/mol. The van der Waals surface area contributed by atoms with E-state index in [1.807, 2.05) is 30.3 Å². The zero-order chi connectivity index (χ0) is 26.9. The minimum Gasteiger partial charge on any atom is -0.493 e. The maximum Gasteiger partial charge on any atom is 0.225 e. The van der Waals surface area contributed by atoms with Crippen molar-refractivity contribution in [2.24, 2.45) is 0 Å². The Labute approximate surface area is 215 Å². The average molecular weight is 510 g/mol. The number of carbonyl (C=O) groups is 2. The van der Waals surface area contributed by atoms with Crippen LogP contribution < -0.4 is 29.0 Å². The summed E-state index contributed by atoms with van der Waals surface area (Å²) in [4.78, 5) is 26.8. The Kier molecular flexibility index (Phi) is 9.34. The fourth-order valence-electron chi connectivity index (χ4n) is 3.98. The number of hydrogen-bond acceptors (Lipinski definition) is 8. The highest BCUT2D eigenvalue weighted by Crippen LogP contribution is 2.39. The van der Waals surface area contributed by atoms with Crippen LogP contribution in [-0.4, -0.2) is 59.0 Å². The van der Waals surface area contributed by atoms with Crippen molar-refractivity contribution >= 4 is 11.7 Å². The molecule has 3 rings (SSSR count).